The lowest BCUT2D eigenvalue weighted by atomic mass is 9.47. The summed E-state index contributed by atoms with van der Waals surface area (Å²) in [6.45, 7) is 2.85. The van der Waals surface area contributed by atoms with Crippen LogP contribution in [0.4, 0.5) is 0 Å². The summed E-state index contributed by atoms with van der Waals surface area (Å²) in [6, 6.07) is 14.1. The van der Waals surface area contributed by atoms with Crippen LogP contribution in [0.5, 0.6) is 0 Å². The molecule has 12 nitrogen and oxygen atoms in total. The average molecular weight is 723 g/mol. The number of ether oxygens (including phenoxy) is 5. The van der Waals surface area contributed by atoms with E-state index in [9.17, 15) is 29.7 Å². The Morgan fingerprint density at radius 3 is 1.86 bits per heavy atom. The number of nitrogens with zero attached hydrogens (tertiary/aromatic N) is 3. The maximum atomic E-state index is 14.7. The summed E-state index contributed by atoms with van der Waals surface area (Å²) in [5, 5.41) is 23.1. The molecule has 6 rings (SSSR count). The number of carbonyl (C=O) groups is 4. The third-order valence-corrected chi connectivity index (χ3v) is 10.1. The molecule has 3 aliphatic heterocycles. The van der Waals surface area contributed by atoms with Crippen molar-refractivity contribution in [1.82, 2.24) is 4.90 Å². The van der Waals surface area contributed by atoms with Gasteiger partial charge in [-0.15, -0.1) is 0 Å². The van der Waals surface area contributed by atoms with E-state index in [-0.39, 0.29) is 34.6 Å². The molecule has 0 radical (unpaired) electrons. The van der Waals surface area contributed by atoms with Gasteiger partial charge >= 0.3 is 23.9 Å². The van der Waals surface area contributed by atoms with Gasteiger partial charge in [0.05, 0.1) is 76.0 Å². The fourth-order valence-corrected chi connectivity index (χ4v) is 8.34. The Kier molecular flexibility index (Phi) is 10.2. The van der Waals surface area contributed by atoms with Crippen LogP contribution in [0.3, 0.4) is 0 Å². The van der Waals surface area contributed by atoms with Gasteiger partial charge in [0.1, 0.15) is 5.70 Å². The minimum atomic E-state index is -2.38. The van der Waals surface area contributed by atoms with E-state index >= 15 is 0 Å². The Balaban J connectivity index is 2.06. The van der Waals surface area contributed by atoms with Gasteiger partial charge in [-0.2, -0.15) is 10.5 Å². The van der Waals surface area contributed by atoms with Crippen LogP contribution in [-0.2, 0) is 42.9 Å². The topological polar surface area (TPSA) is 165 Å². The second kappa shape index (κ2) is 14.1. The van der Waals surface area contributed by atoms with Crippen molar-refractivity contribution in [2.75, 3.05) is 34.5 Å². The fraction of sp³-hybridized carbons (Fsp3) is 0.389. The van der Waals surface area contributed by atoms with Crippen molar-refractivity contribution in [3.63, 3.8) is 0 Å². The van der Waals surface area contributed by atoms with Gasteiger partial charge in [0.25, 0.3) is 0 Å². The first-order chi connectivity index (χ1) is 24.0. The number of carbonyl (C=O) groups excluding carboxylic acids is 4. The molecule has 0 aromatic heterocycles. The fourth-order valence-electron chi connectivity index (χ4n) is 7.94. The standard InChI is InChI=1S/C36H33Cl2N3O9/c1-6-49-33(44)35(17-39)24-16-23(46-3)25(27(35)19-10-8-12-21(37)14-19)30-36(18-40,34(45)50-7-2)28(20-11-9-13-22(38)15-20)26(31(42)47-4)29(41(24)30)32(43)48-5/h8-16,24-25,27-28,30H,6-7H2,1-5H3/t24-,25+,27-,28+,30-,35-,36+/m0/s1. The van der Waals surface area contributed by atoms with Crippen LogP contribution >= 0.6 is 23.2 Å². The molecule has 3 heterocycles. The Hall–Kier alpha value is -5.04. The summed E-state index contributed by atoms with van der Waals surface area (Å²) in [6.07, 6.45) is 1.47. The largest absolute Gasteiger partial charge is 0.501 e. The number of rotatable bonds is 9. The quantitative estimate of drug-likeness (QED) is 0.256. The molecule has 260 valence electrons. The van der Waals surface area contributed by atoms with E-state index in [1.54, 1.807) is 56.3 Å². The Labute approximate surface area is 298 Å². The Morgan fingerprint density at radius 1 is 0.820 bits per heavy atom. The predicted molar refractivity (Wildman–Crippen MR) is 177 cm³/mol. The average Bonchev–Trinajstić information content (AvgIpc) is 3.12. The highest BCUT2D eigenvalue weighted by molar-refractivity contribution is 6.31. The molecule has 0 unspecified atom stereocenters. The Bertz CT molecular complexity index is 1900. The molecule has 2 bridgehead atoms. The van der Waals surface area contributed by atoms with Crippen molar-refractivity contribution < 1.29 is 42.9 Å². The number of benzene rings is 2. The minimum Gasteiger partial charge on any atom is -0.501 e. The number of methoxy groups -OCH3 is 3. The molecule has 0 saturated carbocycles. The molecule has 50 heavy (non-hydrogen) atoms. The SMILES string of the molecule is CCOC(=O)[C@@]1(C#N)[C@@H]2[C@@H]3C(OC)=C[C@H](N2C(C(=O)OC)=C(C(=O)OC)[C@H]1c1cccc(Cl)c1)[C@](C#N)(C(=O)OCC)[C@H]3c1cccc(Cl)c1. The molecule has 0 N–H and O–H groups in total. The molecule has 2 aromatic rings. The normalized spacial score (nSPS) is 27.9. The van der Waals surface area contributed by atoms with E-state index in [2.05, 4.69) is 12.1 Å². The molecular weight excluding hydrogens is 689 g/mol. The van der Waals surface area contributed by atoms with Gasteiger partial charge in [-0.25, -0.2) is 9.59 Å². The summed E-state index contributed by atoms with van der Waals surface area (Å²) in [5.41, 5.74) is -4.82. The van der Waals surface area contributed by atoms with Gasteiger partial charge in [0.2, 0.25) is 0 Å². The molecule has 1 saturated heterocycles. The second-order valence-corrected chi connectivity index (χ2v) is 12.6. The number of nitriles is 2. The highest BCUT2D eigenvalue weighted by Crippen LogP contribution is 2.67. The van der Waals surface area contributed by atoms with Crippen LogP contribution in [0.1, 0.15) is 36.8 Å². The maximum absolute atomic E-state index is 14.7. The summed E-state index contributed by atoms with van der Waals surface area (Å²) in [5.74, 6) is -7.89. The van der Waals surface area contributed by atoms with Gasteiger partial charge < -0.3 is 28.6 Å². The summed E-state index contributed by atoms with van der Waals surface area (Å²) >= 11 is 12.9. The van der Waals surface area contributed by atoms with Crippen molar-refractivity contribution in [2.45, 2.75) is 37.8 Å². The number of piperidine rings is 1. The summed E-state index contributed by atoms with van der Waals surface area (Å²) in [4.78, 5) is 58.4. The number of hydrogen-bond acceptors (Lipinski definition) is 12. The highest BCUT2D eigenvalue weighted by Gasteiger charge is 2.76. The summed E-state index contributed by atoms with van der Waals surface area (Å²) in [7, 11) is 3.53. The molecule has 0 amide bonds. The minimum absolute atomic E-state index is 0.110. The van der Waals surface area contributed by atoms with E-state index in [0.29, 0.717) is 5.56 Å². The number of hydrogen-bond donors (Lipinski definition) is 0. The Morgan fingerprint density at radius 2 is 1.36 bits per heavy atom. The third kappa shape index (κ3) is 5.17. The monoisotopic (exact) mass is 721 g/mol. The molecular formula is C36H33Cl2N3O9. The molecule has 14 heteroatoms. The first-order valence-electron chi connectivity index (χ1n) is 15.6. The van der Waals surface area contributed by atoms with Crippen LogP contribution < -0.4 is 0 Å². The number of esters is 4. The highest BCUT2D eigenvalue weighted by atomic mass is 35.5. The number of halogens is 2. The lowest BCUT2D eigenvalue weighted by Crippen LogP contribution is -2.75. The third-order valence-electron chi connectivity index (χ3n) is 9.64. The first kappa shape index (κ1) is 36.2. The van der Waals surface area contributed by atoms with Crippen molar-refractivity contribution in [3.8, 4) is 12.1 Å². The zero-order chi connectivity index (χ0) is 36.5. The predicted octanol–water partition coefficient (Wildman–Crippen LogP) is 4.83. The van der Waals surface area contributed by atoms with E-state index in [0.717, 1.165) is 14.2 Å². The molecule has 1 aliphatic carbocycles. The van der Waals surface area contributed by atoms with Gasteiger partial charge in [-0.3, -0.25) is 9.59 Å². The van der Waals surface area contributed by atoms with E-state index < -0.39 is 75.8 Å². The molecule has 7 atom stereocenters. The molecule has 0 spiro atoms. The maximum Gasteiger partial charge on any atom is 0.354 e. The van der Waals surface area contributed by atoms with Gasteiger partial charge in [0.15, 0.2) is 10.8 Å². The van der Waals surface area contributed by atoms with Crippen molar-refractivity contribution in [1.29, 1.82) is 10.5 Å². The first-order valence-corrected chi connectivity index (χ1v) is 16.4. The van der Waals surface area contributed by atoms with Crippen molar-refractivity contribution in [2.24, 2.45) is 16.7 Å². The van der Waals surface area contributed by atoms with Gasteiger partial charge in [0, 0.05) is 21.9 Å². The zero-order valence-electron chi connectivity index (χ0n) is 27.8. The van der Waals surface area contributed by atoms with Crippen LogP contribution in [0.25, 0.3) is 0 Å². The van der Waals surface area contributed by atoms with Crippen LogP contribution in [0.2, 0.25) is 10.0 Å². The van der Waals surface area contributed by atoms with Gasteiger partial charge in [-0.1, -0.05) is 47.5 Å². The van der Waals surface area contributed by atoms with Crippen molar-refractivity contribution in [3.05, 3.63) is 92.8 Å². The second-order valence-electron chi connectivity index (χ2n) is 11.8. The van der Waals surface area contributed by atoms with Gasteiger partial charge in [-0.05, 0) is 55.3 Å². The summed E-state index contributed by atoms with van der Waals surface area (Å²) < 4.78 is 27.6. The van der Waals surface area contributed by atoms with E-state index in [1.807, 2.05) is 0 Å². The lowest BCUT2D eigenvalue weighted by Gasteiger charge is -2.64. The zero-order valence-corrected chi connectivity index (χ0v) is 29.3. The van der Waals surface area contributed by atoms with Crippen LogP contribution in [-0.4, -0.2) is 75.4 Å². The van der Waals surface area contributed by atoms with Crippen LogP contribution in [0, 0.1) is 39.4 Å². The molecule has 2 aromatic carbocycles. The van der Waals surface area contributed by atoms with Crippen molar-refractivity contribution >= 4 is 47.1 Å². The molecule has 4 aliphatic rings. The smallest absolute Gasteiger partial charge is 0.354 e. The lowest BCUT2D eigenvalue weighted by molar-refractivity contribution is -0.179. The van der Waals surface area contributed by atoms with E-state index in [1.165, 1.54) is 24.2 Å². The van der Waals surface area contributed by atoms with E-state index in [4.69, 9.17) is 46.9 Å². The molecule has 1 fully saturated rings. The number of fused-ring (bicyclic) bond motifs is 1. The van der Waals surface area contributed by atoms with Crippen LogP contribution in [0.15, 0.2) is 71.6 Å².